The minimum atomic E-state index is 0.214. The molecule has 1 aliphatic rings. The molecule has 0 saturated heterocycles. The molecule has 0 unspecified atom stereocenters. The standard InChI is InChI=1S/C25H33ClN2OS/c1-25(2,3)13-10-20(29)17-30-21-7-4-18(5-8-21)16-28-24-22-12-15-27-14-11-19(22)6-9-23(24)26/h4-9,27-28H,10-17H2,1-3H3. The van der Waals surface area contributed by atoms with Crippen LogP contribution < -0.4 is 10.6 Å². The number of halogens is 1. The van der Waals surface area contributed by atoms with Gasteiger partial charge in [-0.25, -0.2) is 0 Å². The Bertz CT molecular complexity index is 859. The number of carbonyl (C=O) groups excluding carboxylic acids is 1. The fourth-order valence-electron chi connectivity index (χ4n) is 3.58. The van der Waals surface area contributed by atoms with Gasteiger partial charge in [-0.15, -0.1) is 11.8 Å². The summed E-state index contributed by atoms with van der Waals surface area (Å²) in [6.07, 6.45) is 3.65. The second-order valence-corrected chi connectivity index (χ2v) is 10.7. The van der Waals surface area contributed by atoms with Crippen molar-refractivity contribution in [2.45, 2.75) is 57.9 Å². The van der Waals surface area contributed by atoms with Crippen LogP contribution in [0.2, 0.25) is 5.02 Å². The summed E-state index contributed by atoms with van der Waals surface area (Å²) in [6.45, 7) is 9.28. The van der Waals surface area contributed by atoms with Crippen molar-refractivity contribution in [2.24, 2.45) is 5.41 Å². The van der Waals surface area contributed by atoms with Gasteiger partial charge in [0.2, 0.25) is 0 Å². The third-order valence-electron chi connectivity index (χ3n) is 5.43. The fraction of sp³-hybridized carbons (Fsp3) is 0.480. The summed E-state index contributed by atoms with van der Waals surface area (Å²) in [5.74, 6) is 0.877. The van der Waals surface area contributed by atoms with Crippen molar-refractivity contribution >= 4 is 34.8 Å². The number of thioether (sulfide) groups is 1. The van der Waals surface area contributed by atoms with Gasteiger partial charge in [0.05, 0.1) is 16.5 Å². The van der Waals surface area contributed by atoms with E-state index in [1.54, 1.807) is 11.8 Å². The van der Waals surface area contributed by atoms with E-state index in [2.05, 4.69) is 61.7 Å². The maximum Gasteiger partial charge on any atom is 0.143 e. The van der Waals surface area contributed by atoms with Gasteiger partial charge in [-0.05, 0) is 72.7 Å². The Kier molecular flexibility index (Phi) is 8.27. The van der Waals surface area contributed by atoms with E-state index < -0.39 is 0 Å². The molecule has 0 radical (unpaired) electrons. The SMILES string of the molecule is CC(C)(C)CCC(=O)CSc1ccc(CNc2c(Cl)ccc3c2CCNCC3)cc1. The van der Waals surface area contributed by atoms with Gasteiger partial charge in [-0.2, -0.15) is 0 Å². The lowest BCUT2D eigenvalue weighted by atomic mass is 9.90. The number of fused-ring (bicyclic) bond motifs is 1. The molecule has 30 heavy (non-hydrogen) atoms. The number of benzene rings is 2. The highest BCUT2D eigenvalue weighted by molar-refractivity contribution is 8.00. The number of ketones is 1. The van der Waals surface area contributed by atoms with Gasteiger partial charge in [0, 0.05) is 17.9 Å². The summed E-state index contributed by atoms with van der Waals surface area (Å²) in [7, 11) is 0. The van der Waals surface area contributed by atoms with Gasteiger partial charge in [0.25, 0.3) is 0 Å². The number of carbonyl (C=O) groups is 1. The molecule has 5 heteroatoms. The summed E-state index contributed by atoms with van der Waals surface area (Å²) in [6, 6.07) is 12.6. The van der Waals surface area contributed by atoms with Crippen LogP contribution in [0.1, 0.15) is 50.3 Å². The molecule has 2 N–H and O–H groups in total. The van der Waals surface area contributed by atoms with Crippen LogP contribution in [0.4, 0.5) is 5.69 Å². The molecule has 3 rings (SSSR count). The van der Waals surface area contributed by atoms with Crippen LogP contribution >= 0.6 is 23.4 Å². The molecule has 0 atom stereocenters. The molecule has 0 aromatic heterocycles. The van der Waals surface area contributed by atoms with Crippen LogP contribution in [-0.2, 0) is 24.2 Å². The molecule has 2 aromatic rings. The zero-order valence-electron chi connectivity index (χ0n) is 18.3. The van der Waals surface area contributed by atoms with Gasteiger partial charge in [-0.3, -0.25) is 4.79 Å². The molecular formula is C25H33ClN2OS. The smallest absolute Gasteiger partial charge is 0.143 e. The van der Waals surface area contributed by atoms with Gasteiger partial charge < -0.3 is 10.6 Å². The fourth-order valence-corrected chi connectivity index (χ4v) is 4.62. The van der Waals surface area contributed by atoms with Crippen LogP contribution in [0.25, 0.3) is 0 Å². The molecule has 1 aliphatic heterocycles. The van der Waals surface area contributed by atoms with E-state index in [4.69, 9.17) is 11.6 Å². The Labute approximate surface area is 190 Å². The molecule has 0 spiro atoms. The maximum atomic E-state index is 12.1. The molecule has 0 aliphatic carbocycles. The highest BCUT2D eigenvalue weighted by atomic mass is 35.5. The Morgan fingerprint density at radius 1 is 1.10 bits per heavy atom. The molecule has 0 fully saturated rings. The normalized spacial score (nSPS) is 14.1. The number of rotatable bonds is 8. The molecule has 2 aromatic carbocycles. The van der Waals surface area contributed by atoms with E-state index in [9.17, 15) is 4.79 Å². The first kappa shape index (κ1) is 23.2. The van der Waals surface area contributed by atoms with Crippen molar-refractivity contribution in [3.63, 3.8) is 0 Å². The van der Waals surface area contributed by atoms with Crippen molar-refractivity contribution in [2.75, 3.05) is 24.2 Å². The van der Waals surface area contributed by atoms with Gasteiger partial charge in [0.1, 0.15) is 5.78 Å². The Morgan fingerprint density at radius 2 is 1.83 bits per heavy atom. The molecule has 0 saturated carbocycles. The number of hydrogen-bond donors (Lipinski definition) is 2. The predicted octanol–water partition coefficient (Wildman–Crippen LogP) is 6.13. The number of hydrogen-bond acceptors (Lipinski definition) is 4. The quantitative estimate of drug-likeness (QED) is 0.480. The minimum Gasteiger partial charge on any atom is -0.380 e. The third kappa shape index (κ3) is 7.04. The van der Waals surface area contributed by atoms with Crippen LogP contribution in [0.15, 0.2) is 41.3 Å². The zero-order valence-corrected chi connectivity index (χ0v) is 19.9. The second kappa shape index (κ2) is 10.7. The molecule has 3 nitrogen and oxygen atoms in total. The average Bonchev–Trinajstić information content (AvgIpc) is 2.96. The van der Waals surface area contributed by atoms with E-state index in [-0.39, 0.29) is 5.41 Å². The van der Waals surface area contributed by atoms with Crippen molar-refractivity contribution in [1.82, 2.24) is 5.32 Å². The monoisotopic (exact) mass is 444 g/mol. The lowest BCUT2D eigenvalue weighted by Crippen LogP contribution is -2.16. The van der Waals surface area contributed by atoms with Crippen LogP contribution in [0, 0.1) is 5.41 Å². The minimum absolute atomic E-state index is 0.214. The van der Waals surface area contributed by atoms with Crippen molar-refractivity contribution in [3.8, 4) is 0 Å². The van der Waals surface area contributed by atoms with Crippen molar-refractivity contribution in [3.05, 3.63) is 58.1 Å². The number of anilines is 1. The molecule has 162 valence electrons. The summed E-state index contributed by atoms with van der Waals surface area (Å²) in [5.41, 5.74) is 5.22. The Balaban J connectivity index is 1.54. The van der Waals surface area contributed by atoms with Crippen LogP contribution in [0.5, 0.6) is 0 Å². The first-order valence-electron chi connectivity index (χ1n) is 10.8. The topological polar surface area (TPSA) is 41.1 Å². The summed E-state index contributed by atoms with van der Waals surface area (Å²) in [5, 5.41) is 7.81. The third-order valence-corrected chi connectivity index (χ3v) is 6.82. The number of nitrogens with one attached hydrogen (secondary N) is 2. The number of Topliss-reactive ketones (excluding diaryl/α,β-unsaturated/α-hetero) is 1. The Morgan fingerprint density at radius 3 is 2.57 bits per heavy atom. The highest BCUT2D eigenvalue weighted by Crippen LogP contribution is 2.31. The average molecular weight is 445 g/mol. The van der Waals surface area contributed by atoms with Crippen LogP contribution in [0.3, 0.4) is 0 Å². The largest absolute Gasteiger partial charge is 0.380 e. The van der Waals surface area contributed by atoms with Gasteiger partial charge in [0.15, 0.2) is 0 Å². The maximum absolute atomic E-state index is 12.1. The Hall–Kier alpha value is -1.49. The second-order valence-electron chi connectivity index (χ2n) is 9.20. The van der Waals surface area contributed by atoms with E-state index in [1.807, 2.05) is 6.07 Å². The van der Waals surface area contributed by atoms with E-state index in [1.165, 1.54) is 16.7 Å². The van der Waals surface area contributed by atoms with E-state index in [0.29, 0.717) is 18.0 Å². The highest BCUT2D eigenvalue weighted by Gasteiger charge is 2.15. The van der Waals surface area contributed by atoms with Gasteiger partial charge in [-0.1, -0.05) is 50.6 Å². The summed E-state index contributed by atoms with van der Waals surface area (Å²) < 4.78 is 0. The molecule has 1 heterocycles. The molecule has 0 bridgehead atoms. The van der Waals surface area contributed by atoms with E-state index in [0.717, 1.165) is 54.5 Å². The van der Waals surface area contributed by atoms with Crippen molar-refractivity contribution < 1.29 is 4.79 Å². The summed E-state index contributed by atoms with van der Waals surface area (Å²) in [4.78, 5) is 13.3. The molecular weight excluding hydrogens is 412 g/mol. The van der Waals surface area contributed by atoms with E-state index >= 15 is 0 Å². The summed E-state index contributed by atoms with van der Waals surface area (Å²) >= 11 is 8.14. The first-order valence-corrected chi connectivity index (χ1v) is 12.2. The molecule has 0 amide bonds. The van der Waals surface area contributed by atoms with Crippen LogP contribution in [-0.4, -0.2) is 24.6 Å². The van der Waals surface area contributed by atoms with Crippen molar-refractivity contribution in [1.29, 1.82) is 0 Å². The first-order chi connectivity index (χ1) is 14.3. The zero-order chi connectivity index (χ0) is 21.6. The van der Waals surface area contributed by atoms with Gasteiger partial charge >= 0.3 is 0 Å². The predicted molar refractivity (Wildman–Crippen MR) is 130 cm³/mol. The lowest BCUT2D eigenvalue weighted by molar-refractivity contribution is -0.117. The lowest BCUT2D eigenvalue weighted by Gasteiger charge is -2.17.